The third-order valence-corrected chi connectivity index (χ3v) is 10.1. The lowest BCUT2D eigenvalue weighted by atomic mass is 10.1. The molecular formula is C43H68N10O13S. The van der Waals surface area contributed by atoms with E-state index in [1.165, 1.54) is 23.6 Å². The maximum absolute atomic E-state index is 13.8. The second-order valence-corrected chi connectivity index (χ2v) is 18.6. The summed E-state index contributed by atoms with van der Waals surface area (Å²) >= 11 is 1.46. The minimum Gasteiger partial charge on any atom is -0.480 e. The summed E-state index contributed by atoms with van der Waals surface area (Å²) in [5, 5.41) is 24.6. The van der Waals surface area contributed by atoms with Crippen molar-refractivity contribution >= 4 is 71.4 Å². The van der Waals surface area contributed by atoms with Gasteiger partial charge >= 0.3 is 24.1 Å². The number of esters is 1. The van der Waals surface area contributed by atoms with Gasteiger partial charge in [-0.3, -0.25) is 29.0 Å². The van der Waals surface area contributed by atoms with Gasteiger partial charge < -0.3 is 67.6 Å². The molecule has 1 aliphatic rings. The normalized spacial score (nSPS) is 15.8. The Balaban J connectivity index is 2.18. The number of aliphatic carboxylic acids is 1. The maximum atomic E-state index is 13.8. The molecule has 1 aromatic rings. The molecule has 1 saturated heterocycles. The van der Waals surface area contributed by atoms with Crippen molar-refractivity contribution in [3.63, 3.8) is 0 Å². The monoisotopic (exact) mass is 964 g/mol. The van der Waals surface area contributed by atoms with Crippen molar-refractivity contribution in [2.24, 2.45) is 16.5 Å². The van der Waals surface area contributed by atoms with Gasteiger partial charge in [-0.25, -0.2) is 19.2 Å². The molecule has 0 radical (unpaired) electrons. The number of alkyl carbamates (subject to hydrolysis) is 2. The van der Waals surface area contributed by atoms with E-state index in [4.69, 9.17) is 25.7 Å². The zero-order valence-corrected chi connectivity index (χ0v) is 40.2. The van der Waals surface area contributed by atoms with Crippen molar-refractivity contribution in [3.8, 4) is 0 Å². The van der Waals surface area contributed by atoms with Crippen LogP contribution in [-0.4, -0.2) is 155 Å². The van der Waals surface area contributed by atoms with E-state index in [1.807, 2.05) is 6.26 Å². The standard InChI is InChI=1S/C43H68N10O13S/c1-25(48-34(56)28(18-21-67-8)51-40(62)65-42(2,3)4)36(58)53-20-13-17-31(53)35(57)50-27(16-12-19-46-39(44)45)33(55)47-23-32(54)49-29(22-26-14-10-9-11-15-26)38(61)64-24-30(37(59)60)52-41(63)66-43(5,6)7/h9-11,14-15,25,27-31H,12-13,16-24H2,1-8H3,(H,47,55)(H,48,56)(H,49,54)(H,50,57)(H,51,62)(H,52,63)(H,59,60)(H4,44,45,46)/t25-,27-,28-,29-,30-,31-/m0/s1. The van der Waals surface area contributed by atoms with Gasteiger partial charge in [0, 0.05) is 19.5 Å². The molecule has 0 saturated carbocycles. The van der Waals surface area contributed by atoms with Crippen LogP contribution < -0.4 is 43.4 Å². The Hall–Kier alpha value is -6.33. The lowest BCUT2D eigenvalue weighted by Crippen LogP contribution is -2.57. The number of benzene rings is 1. The average molecular weight is 965 g/mol. The Morgan fingerprint density at radius 1 is 0.821 bits per heavy atom. The Labute approximate surface area is 394 Å². The number of likely N-dealkylation sites (tertiary alicyclic amines) is 1. The molecular weight excluding hydrogens is 897 g/mol. The number of hydrogen-bond acceptors (Lipinski definition) is 14. The highest BCUT2D eigenvalue weighted by atomic mass is 32.2. The number of carbonyl (C=O) groups is 9. The molecule has 0 bridgehead atoms. The summed E-state index contributed by atoms with van der Waals surface area (Å²) in [5.41, 5.74) is 9.75. The number of aliphatic imine (C=N–C) groups is 1. The molecule has 67 heavy (non-hydrogen) atoms. The summed E-state index contributed by atoms with van der Waals surface area (Å²) in [6, 6.07) is 1.03. The van der Waals surface area contributed by atoms with Crippen LogP contribution in [0.1, 0.15) is 86.1 Å². The second kappa shape index (κ2) is 27.3. The summed E-state index contributed by atoms with van der Waals surface area (Å²) in [5.74, 6) is -5.73. The summed E-state index contributed by atoms with van der Waals surface area (Å²) in [7, 11) is 0. The van der Waals surface area contributed by atoms with E-state index in [1.54, 1.807) is 71.9 Å². The molecule has 2 rings (SSSR count). The highest BCUT2D eigenvalue weighted by Gasteiger charge is 2.39. The number of ether oxygens (including phenoxy) is 3. The van der Waals surface area contributed by atoms with Gasteiger partial charge in [-0.05, 0) is 98.1 Å². The van der Waals surface area contributed by atoms with Crippen molar-refractivity contribution in [1.29, 1.82) is 0 Å². The quantitative estimate of drug-likeness (QED) is 0.0217. The van der Waals surface area contributed by atoms with E-state index in [2.05, 4.69) is 36.9 Å². The fourth-order valence-corrected chi connectivity index (χ4v) is 6.86. The number of carboxylic acids is 1. The van der Waals surface area contributed by atoms with E-state index in [0.717, 1.165) is 0 Å². The van der Waals surface area contributed by atoms with Crippen LogP contribution in [0.25, 0.3) is 0 Å². The van der Waals surface area contributed by atoms with Crippen molar-refractivity contribution < 1.29 is 62.5 Å². The van der Waals surface area contributed by atoms with Gasteiger partial charge in [0.15, 0.2) is 12.0 Å². The van der Waals surface area contributed by atoms with Crippen LogP contribution in [0, 0.1) is 0 Å². The fourth-order valence-electron chi connectivity index (χ4n) is 6.39. The second-order valence-electron chi connectivity index (χ2n) is 17.6. The molecule has 0 unspecified atom stereocenters. The maximum Gasteiger partial charge on any atom is 0.408 e. The van der Waals surface area contributed by atoms with Crippen molar-refractivity contribution in [3.05, 3.63) is 35.9 Å². The van der Waals surface area contributed by atoms with Crippen molar-refractivity contribution in [2.75, 3.05) is 38.2 Å². The van der Waals surface area contributed by atoms with E-state index >= 15 is 0 Å². The minimum atomic E-state index is -1.69. The molecule has 1 aliphatic heterocycles. The van der Waals surface area contributed by atoms with Crippen LogP contribution in [-0.2, 0) is 54.2 Å². The molecule has 0 aliphatic carbocycles. The zero-order chi connectivity index (χ0) is 50.5. The van der Waals surface area contributed by atoms with Crippen LogP contribution >= 0.6 is 11.8 Å². The molecule has 11 N–H and O–H groups in total. The van der Waals surface area contributed by atoms with Crippen molar-refractivity contribution in [1.82, 2.24) is 36.8 Å². The molecule has 6 atom stereocenters. The number of nitrogens with zero attached hydrogens (tertiary/aromatic N) is 2. The Morgan fingerprint density at radius 2 is 1.42 bits per heavy atom. The highest BCUT2D eigenvalue weighted by Crippen LogP contribution is 2.20. The number of thioether (sulfide) groups is 1. The average Bonchev–Trinajstić information content (AvgIpc) is 3.72. The van der Waals surface area contributed by atoms with Gasteiger partial charge in [0.2, 0.25) is 29.5 Å². The Kier molecular flexibility index (Phi) is 23.2. The van der Waals surface area contributed by atoms with Gasteiger partial charge in [-0.15, -0.1) is 0 Å². The van der Waals surface area contributed by atoms with Crippen LogP contribution in [0.3, 0.4) is 0 Å². The first-order valence-electron chi connectivity index (χ1n) is 21.7. The minimum absolute atomic E-state index is 0.00376. The summed E-state index contributed by atoms with van der Waals surface area (Å²) in [6.07, 6.45) is 1.02. The first-order valence-corrected chi connectivity index (χ1v) is 23.1. The lowest BCUT2D eigenvalue weighted by Gasteiger charge is -2.29. The Morgan fingerprint density at radius 3 is 1.99 bits per heavy atom. The molecule has 374 valence electrons. The number of hydrogen-bond donors (Lipinski definition) is 9. The van der Waals surface area contributed by atoms with Gasteiger partial charge in [-0.1, -0.05) is 30.3 Å². The predicted octanol–water partition coefficient (Wildman–Crippen LogP) is 0.0317. The summed E-state index contributed by atoms with van der Waals surface area (Å²) < 4.78 is 15.6. The molecule has 7 amide bonds. The van der Waals surface area contributed by atoms with Gasteiger partial charge in [0.1, 0.15) is 48.0 Å². The first kappa shape index (κ1) is 56.8. The van der Waals surface area contributed by atoms with Crippen molar-refractivity contribution in [2.45, 2.75) is 134 Å². The molecule has 23 nitrogen and oxygen atoms in total. The van der Waals surface area contributed by atoms with Gasteiger partial charge in [-0.2, -0.15) is 11.8 Å². The van der Waals surface area contributed by atoms with Crippen LogP contribution in [0.15, 0.2) is 35.3 Å². The highest BCUT2D eigenvalue weighted by molar-refractivity contribution is 7.98. The van der Waals surface area contributed by atoms with Gasteiger partial charge in [0.05, 0.1) is 6.54 Å². The summed E-state index contributed by atoms with van der Waals surface area (Å²) in [6.45, 7) is 10.0. The molecule has 1 heterocycles. The number of rotatable bonds is 24. The third kappa shape index (κ3) is 22.1. The van der Waals surface area contributed by atoms with E-state index in [9.17, 15) is 48.3 Å². The number of carboxylic acid groups (broad SMARTS) is 1. The van der Waals surface area contributed by atoms with E-state index in [0.29, 0.717) is 17.7 Å². The predicted molar refractivity (Wildman–Crippen MR) is 247 cm³/mol. The van der Waals surface area contributed by atoms with Gasteiger partial charge in [0.25, 0.3) is 0 Å². The molecule has 1 fully saturated rings. The number of amides is 7. The number of nitrogens with one attached hydrogen (secondary N) is 6. The van der Waals surface area contributed by atoms with Crippen LogP contribution in [0.5, 0.6) is 0 Å². The zero-order valence-electron chi connectivity index (χ0n) is 39.4. The summed E-state index contributed by atoms with van der Waals surface area (Å²) in [4.78, 5) is 123. The van der Waals surface area contributed by atoms with Crippen LogP contribution in [0.4, 0.5) is 9.59 Å². The first-order chi connectivity index (χ1) is 31.3. The molecule has 0 aromatic heterocycles. The number of guanidine groups is 1. The van der Waals surface area contributed by atoms with Crippen LogP contribution in [0.2, 0.25) is 0 Å². The number of nitrogens with two attached hydrogens (primary N) is 2. The largest absolute Gasteiger partial charge is 0.480 e. The van der Waals surface area contributed by atoms with E-state index < -0.39 is 114 Å². The van der Waals surface area contributed by atoms with E-state index in [-0.39, 0.29) is 51.2 Å². The topological polar surface area (TPSA) is 341 Å². The number of carbonyl (C=O) groups excluding carboxylic acids is 8. The molecule has 1 aromatic carbocycles. The Bertz CT molecular complexity index is 1900. The molecule has 24 heteroatoms. The molecule has 0 spiro atoms. The third-order valence-electron chi connectivity index (χ3n) is 9.47. The SMILES string of the molecule is CSCC[C@H](NC(=O)OC(C)(C)C)C(=O)N[C@@H](C)C(=O)N1CCC[C@H]1C(=O)N[C@@H](CCCN=C(N)N)C(=O)NCC(=O)N[C@@H](Cc1ccccc1)C(=O)OC[C@H](NC(=O)OC(C)(C)C)C(=O)O. The fraction of sp³-hybridized carbons (Fsp3) is 0.628. The smallest absolute Gasteiger partial charge is 0.408 e. The lowest BCUT2D eigenvalue weighted by molar-refractivity contribution is -0.151.